The van der Waals surface area contributed by atoms with E-state index in [1.54, 1.807) is 11.4 Å². The van der Waals surface area contributed by atoms with Crippen LogP contribution in [0.25, 0.3) is 0 Å². The highest BCUT2D eigenvalue weighted by Crippen LogP contribution is 2.22. The lowest BCUT2D eigenvalue weighted by Gasteiger charge is -2.09. The molecule has 0 atom stereocenters. The van der Waals surface area contributed by atoms with Crippen LogP contribution in [0.15, 0.2) is 45.1 Å². The van der Waals surface area contributed by atoms with Crippen LogP contribution in [0.1, 0.15) is 17.4 Å². The molecule has 0 aliphatic heterocycles. The van der Waals surface area contributed by atoms with Crippen molar-refractivity contribution in [3.05, 3.63) is 50.6 Å². The number of hydrogen-bond donors (Lipinski definition) is 2. The van der Waals surface area contributed by atoms with Crippen LogP contribution < -0.4 is 10.0 Å². The largest absolute Gasteiger partial charge is 0.312 e. The summed E-state index contributed by atoms with van der Waals surface area (Å²) in [5, 5.41) is 4.96. The first-order chi connectivity index (χ1) is 10.0. The van der Waals surface area contributed by atoms with Gasteiger partial charge in [-0.25, -0.2) is 13.1 Å². The maximum Gasteiger partial charge on any atom is 0.242 e. The average Bonchev–Trinajstić information content (AvgIpc) is 2.93. The Morgan fingerprint density at radius 3 is 2.67 bits per heavy atom. The van der Waals surface area contributed by atoms with Crippen LogP contribution in [0.4, 0.5) is 0 Å². The number of nitrogens with one attached hydrogen (secondary N) is 2. The maximum absolute atomic E-state index is 12.4. The van der Waals surface area contributed by atoms with Crippen LogP contribution in [0.2, 0.25) is 0 Å². The molecule has 0 radical (unpaired) electrons. The van der Waals surface area contributed by atoms with Gasteiger partial charge in [-0.15, -0.1) is 11.3 Å². The molecule has 0 amide bonds. The van der Waals surface area contributed by atoms with Gasteiger partial charge < -0.3 is 5.32 Å². The monoisotopic (exact) mass is 388 g/mol. The molecule has 21 heavy (non-hydrogen) atoms. The van der Waals surface area contributed by atoms with Gasteiger partial charge in [0, 0.05) is 22.4 Å². The fraction of sp³-hybridized carbons (Fsp3) is 0.286. The van der Waals surface area contributed by atoms with Crippen LogP contribution in [-0.2, 0) is 23.1 Å². The number of hydrogen-bond acceptors (Lipinski definition) is 4. The molecule has 1 heterocycles. The summed E-state index contributed by atoms with van der Waals surface area (Å²) in [6, 6.07) is 9.22. The molecule has 1 aromatic heterocycles. The summed E-state index contributed by atoms with van der Waals surface area (Å²) >= 11 is 4.87. The molecule has 0 unspecified atom stereocenters. The smallest absolute Gasteiger partial charge is 0.242 e. The topological polar surface area (TPSA) is 58.2 Å². The van der Waals surface area contributed by atoms with E-state index in [9.17, 15) is 8.42 Å². The first-order valence-electron chi connectivity index (χ1n) is 6.54. The minimum atomic E-state index is -3.49. The summed E-state index contributed by atoms with van der Waals surface area (Å²) in [4.78, 5) is 1.19. The Hall–Kier alpha value is -0.730. The van der Waals surface area contributed by atoms with Gasteiger partial charge in [0.05, 0.1) is 4.90 Å². The fourth-order valence-corrected chi connectivity index (χ4v) is 4.67. The third kappa shape index (κ3) is 4.37. The lowest BCUT2D eigenvalue weighted by molar-refractivity contribution is 0.579. The van der Waals surface area contributed by atoms with Gasteiger partial charge in [0.2, 0.25) is 10.0 Å². The van der Waals surface area contributed by atoms with Gasteiger partial charge in [-0.3, -0.25) is 0 Å². The first kappa shape index (κ1) is 16.6. The van der Waals surface area contributed by atoms with E-state index in [4.69, 9.17) is 0 Å². The number of halogens is 1. The zero-order valence-electron chi connectivity index (χ0n) is 11.6. The highest BCUT2D eigenvalue weighted by molar-refractivity contribution is 9.10. The average molecular weight is 389 g/mol. The minimum Gasteiger partial charge on any atom is -0.312 e. The summed E-state index contributed by atoms with van der Waals surface area (Å²) in [7, 11) is -3.49. The van der Waals surface area contributed by atoms with Crippen molar-refractivity contribution >= 4 is 37.3 Å². The third-order valence-corrected chi connectivity index (χ3v) is 6.25. The van der Waals surface area contributed by atoms with Crippen molar-refractivity contribution in [2.24, 2.45) is 0 Å². The second-order valence-electron chi connectivity index (χ2n) is 4.40. The molecule has 114 valence electrons. The molecule has 2 N–H and O–H groups in total. The van der Waals surface area contributed by atoms with Crippen molar-refractivity contribution in [1.82, 2.24) is 10.0 Å². The van der Waals surface area contributed by atoms with E-state index in [1.165, 1.54) is 11.3 Å². The van der Waals surface area contributed by atoms with Crippen molar-refractivity contribution < 1.29 is 8.42 Å². The molecular weight excluding hydrogens is 372 g/mol. The first-order valence-corrected chi connectivity index (χ1v) is 9.70. The Morgan fingerprint density at radius 1 is 1.19 bits per heavy atom. The standard InChI is InChI=1S/C14H17BrN2O2S2/c1-2-16-10-13-14(7-8-20-13)21(18,19)17-9-11-5-3-4-6-12(11)15/h3-8,16-17H,2,9-10H2,1H3. The molecule has 0 bridgehead atoms. The molecule has 0 saturated carbocycles. The van der Waals surface area contributed by atoms with Crippen LogP contribution in [0, 0.1) is 0 Å². The maximum atomic E-state index is 12.4. The predicted octanol–water partition coefficient (Wildman–Crippen LogP) is 3.10. The zero-order chi connectivity index (χ0) is 15.3. The van der Waals surface area contributed by atoms with E-state index in [0.29, 0.717) is 11.4 Å². The van der Waals surface area contributed by atoms with E-state index in [0.717, 1.165) is 21.5 Å². The van der Waals surface area contributed by atoms with Gasteiger partial charge in [0.15, 0.2) is 0 Å². The zero-order valence-corrected chi connectivity index (χ0v) is 14.8. The predicted molar refractivity (Wildman–Crippen MR) is 89.9 cm³/mol. The summed E-state index contributed by atoms with van der Waals surface area (Å²) in [5.41, 5.74) is 0.907. The number of sulfonamides is 1. The molecule has 2 rings (SSSR count). The molecule has 0 saturated heterocycles. The Morgan fingerprint density at radius 2 is 1.95 bits per heavy atom. The van der Waals surface area contributed by atoms with E-state index >= 15 is 0 Å². The van der Waals surface area contributed by atoms with Gasteiger partial charge in [-0.1, -0.05) is 41.1 Å². The summed E-state index contributed by atoms with van der Waals surface area (Å²) in [5.74, 6) is 0. The van der Waals surface area contributed by atoms with E-state index in [-0.39, 0.29) is 6.54 Å². The number of benzene rings is 1. The van der Waals surface area contributed by atoms with Crippen molar-refractivity contribution in [1.29, 1.82) is 0 Å². The Bertz CT molecular complexity index is 699. The van der Waals surface area contributed by atoms with Crippen LogP contribution in [0.3, 0.4) is 0 Å². The van der Waals surface area contributed by atoms with Gasteiger partial charge in [-0.05, 0) is 29.6 Å². The molecule has 0 aliphatic carbocycles. The van der Waals surface area contributed by atoms with E-state index in [2.05, 4.69) is 26.0 Å². The summed E-state index contributed by atoms with van der Waals surface area (Å²) in [6.45, 7) is 3.63. The van der Waals surface area contributed by atoms with Crippen LogP contribution >= 0.6 is 27.3 Å². The molecule has 2 aromatic rings. The molecule has 4 nitrogen and oxygen atoms in total. The van der Waals surface area contributed by atoms with Gasteiger partial charge in [-0.2, -0.15) is 0 Å². The Labute approximate surface area is 137 Å². The highest BCUT2D eigenvalue weighted by atomic mass is 79.9. The van der Waals surface area contributed by atoms with Crippen molar-refractivity contribution in [2.75, 3.05) is 6.54 Å². The Kier molecular flexibility index (Phi) is 5.95. The molecule has 1 aromatic carbocycles. The summed E-state index contributed by atoms with van der Waals surface area (Å²) < 4.78 is 28.4. The molecule has 0 spiro atoms. The minimum absolute atomic E-state index is 0.264. The molecule has 0 aliphatic rings. The highest BCUT2D eigenvalue weighted by Gasteiger charge is 2.19. The quantitative estimate of drug-likeness (QED) is 0.765. The van der Waals surface area contributed by atoms with E-state index in [1.807, 2.05) is 31.2 Å². The van der Waals surface area contributed by atoms with Crippen molar-refractivity contribution in [3.63, 3.8) is 0 Å². The van der Waals surface area contributed by atoms with Crippen LogP contribution in [0.5, 0.6) is 0 Å². The number of rotatable bonds is 7. The van der Waals surface area contributed by atoms with Crippen LogP contribution in [-0.4, -0.2) is 15.0 Å². The Balaban J connectivity index is 2.12. The normalized spacial score (nSPS) is 11.7. The second-order valence-corrected chi connectivity index (χ2v) is 7.99. The summed E-state index contributed by atoms with van der Waals surface area (Å²) in [6.07, 6.45) is 0. The van der Waals surface area contributed by atoms with Crippen molar-refractivity contribution in [3.8, 4) is 0 Å². The van der Waals surface area contributed by atoms with Gasteiger partial charge in [0.1, 0.15) is 0 Å². The second kappa shape index (κ2) is 7.51. The molecular formula is C14H17BrN2O2S2. The SMILES string of the molecule is CCNCc1sccc1S(=O)(=O)NCc1ccccc1Br. The fourth-order valence-electron chi connectivity index (χ4n) is 1.83. The van der Waals surface area contributed by atoms with E-state index < -0.39 is 10.0 Å². The lowest BCUT2D eigenvalue weighted by Crippen LogP contribution is -2.24. The third-order valence-electron chi connectivity index (χ3n) is 2.94. The lowest BCUT2D eigenvalue weighted by atomic mass is 10.2. The van der Waals surface area contributed by atoms with Gasteiger partial charge in [0.25, 0.3) is 0 Å². The molecule has 7 heteroatoms. The number of thiophene rings is 1. The molecule has 0 fully saturated rings. The van der Waals surface area contributed by atoms with Crippen molar-refractivity contribution in [2.45, 2.75) is 24.9 Å². The van der Waals surface area contributed by atoms with Gasteiger partial charge >= 0.3 is 0 Å².